The minimum atomic E-state index is -1.32. The molecule has 1 amide bonds. The molecule has 5 rings (SSSR count). The zero-order valence-corrected chi connectivity index (χ0v) is 25.1. The number of halogens is 1. The van der Waals surface area contributed by atoms with Gasteiger partial charge in [-0.2, -0.15) is 0 Å². The zero-order chi connectivity index (χ0) is 29.6. The fourth-order valence-electron chi connectivity index (χ4n) is 9.24. The second-order valence-corrected chi connectivity index (χ2v) is 13.5. The number of hydrogen-bond acceptors (Lipinski definition) is 6. The van der Waals surface area contributed by atoms with Crippen molar-refractivity contribution in [2.24, 2.45) is 45.7 Å². The van der Waals surface area contributed by atoms with Crippen molar-refractivity contribution in [3.8, 4) is 0 Å². The van der Waals surface area contributed by atoms with Crippen LogP contribution in [0.15, 0.2) is 35.6 Å². The molecule has 0 radical (unpaired) electrons. The van der Waals surface area contributed by atoms with Gasteiger partial charge in [-0.3, -0.25) is 9.59 Å². The van der Waals surface area contributed by atoms with E-state index in [1.54, 1.807) is 12.2 Å². The van der Waals surface area contributed by atoms with Crippen LogP contribution in [0.1, 0.15) is 79.1 Å². The number of likely N-dealkylation sites (N-methyl/N-ethyl adjacent to an activating group) is 1. The molecule has 5 aliphatic rings. The monoisotopic (exact) mass is 570 g/mol. The maximum Gasteiger partial charge on any atom is 0.409 e. The molecular formula is C33H47FN2O5. The summed E-state index contributed by atoms with van der Waals surface area (Å²) in [5.74, 6) is 0.847. The maximum atomic E-state index is 14.6. The van der Waals surface area contributed by atoms with Gasteiger partial charge in [-0.15, -0.1) is 0 Å². The molecule has 0 spiro atoms. The number of allylic oxidation sites excluding steroid dienone is 4. The van der Waals surface area contributed by atoms with E-state index < -0.39 is 23.1 Å². The second kappa shape index (κ2) is 11.3. The molecule has 0 aromatic carbocycles. The highest BCUT2D eigenvalue weighted by atomic mass is 19.1. The Morgan fingerprint density at radius 1 is 1.10 bits per heavy atom. The normalized spacial score (nSPS) is 39.8. The lowest BCUT2D eigenvalue weighted by Crippen LogP contribution is -2.51. The van der Waals surface area contributed by atoms with E-state index in [1.165, 1.54) is 5.57 Å². The Morgan fingerprint density at radius 2 is 1.83 bits per heavy atom. The van der Waals surface area contributed by atoms with Crippen molar-refractivity contribution in [2.75, 3.05) is 26.2 Å². The van der Waals surface area contributed by atoms with E-state index in [2.05, 4.69) is 31.7 Å². The highest BCUT2D eigenvalue weighted by Crippen LogP contribution is 2.65. The molecule has 8 heteroatoms. The summed E-state index contributed by atoms with van der Waals surface area (Å²) in [6.45, 7) is 11.4. The molecule has 0 aliphatic heterocycles. The first-order valence-electron chi connectivity index (χ1n) is 15.6. The molecule has 41 heavy (non-hydrogen) atoms. The Hall–Kier alpha value is -2.48. The van der Waals surface area contributed by atoms with Crippen LogP contribution in [0, 0.1) is 39.9 Å². The van der Waals surface area contributed by atoms with Gasteiger partial charge in [-0.1, -0.05) is 45.4 Å². The van der Waals surface area contributed by atoms with E-state index in [0.717, 1.165) is 51.6 Å². The van der Waals surface area contributed by atoms with Crippen molar-refractivity contribution in [2.45, 2.75) is 85.2 Å². The first-order valence-corrected chi connectivity index (χ1v) is 15.6. The van der Waals surface area contributed by atoms with Gasteiger partial charge in [-0.05, 0) is 106 Å². The third kappa shape index (κ3) is 5.08. The molecule has 0 aromatic heterocycles. The van der Waals surface area contributed by atoms with Gasteiger partial charge >= 0.3 is 12.1 Å². The van der Waals surface area contributed by atoms with Crippen molar-refractivity contribution in [1.29, 1.82) is 0 Å². The number of carbonyl (C=O) groups excluding carboxylic acids is 3. The largest absolute Gasteiger partial charge is 0.464 e. The maximum absolute atomic E-state index is 14.6. The number of hydrogen-bond donors (Lipinski definition) is 1. The Bertz CT molecular complexity index is 1160. The van der Waals surface area contributed by atoms with Gasteiger partial charge in [0.2, 0.25) is 0 Å². The molecule has 0 heterocycles. The summed E-state index contributed by atoms with van der Waals surface area (Å²) in [6, 6.07) is 0. The SMILES string of the molecule is CCN(CC)CCOC(=O)C1([C@H]2CC[C@@]3(C)C(=CC[C@@H]4[C@@H]3CC[C@]3(C)C(=O)[C@H](F)C[C@@H]43)C2)C=CC(OC(N)=O)=CC1. The highest BCUT2D eigenvalue weighted by Gasteiger charge is 2.62. The Kier molecular flexibility index (Phi) is 8.27. The number of esters is 1. The number of ketones is 1. The number of rotatable bonds is 8. The molecule has 3 saturated carbocycles. The minimum Gasteiger partial charge on any atom is -0.464 e. The summed E-state index contributed by atoms with van der Waals surface area (Å²) in [5, 5.41) is 0. The van der Waals surface area contributed by atoms with Gasteiger partial charge in [-0.25, -0.2) is 9.18 Å². The van der Waals surface area contributed by atoms with Gasteiger partial charge in [0.05, 0.1) is 5.41 Å². The lowest BCUT2D eigenvalue weighted by molar-refractivity contribution is -0.157. The van der Waals surface area contributed by atoms with Crippen LogP contribution in [0.2, 0.25) is 0 Å². The molecule has 226 valence electrons. The average Bonchev–Trinajstić information content (AvgIpc) is 3.19. The number of Topliss-reactive ketones (excluding diaryl/α,β-unsaturated/α-hetero) is 1. The lowest BCUT2D eigenvalue weighted by Gasteiger charge is -2.58. The molecule has 8 atom stereocenters. The van der Waals surface area contributed by atoms with E-state index in [9.17, 15) is 18.8 Å². The molecule has 7 nitrogen and oxygen atoms in total. The molecule has 0 bridgehead atoms. The Labute approximate surface area is 243 Å². The van der Waals surface area contributed by atoms with Crippen LogP contribution < -0.4 is 5.73 Å². The molecule has 3 fully saturated rings. The fourth-order valence-corrected chi connectivity index (χ4v) is 9.24. The molecule has 0 aromatic rings. The fraction of sp³-hybridized carbons (Fsp3) is 0.727. The van der Waals surface area contributed by atoms with Crippen LogP contribution in [0.3, 0.4) is 0 Å². The number of nitrogens with two attached hydrogens (primary N) is 1. The summed E-state index contributed by atoms with van der Waals surface area (Å²) >= 11 is 0. The van der Waals surface area contributed by atoms with Crippen molar-refractivity contribution < 1.29 is 28.2 Å². The summed E-state index contributed by atoms with van der Waals surface area (Å²) in [6.07, 6.45) is 11.4. The van der Waals surface area contributed by atoms with Gasteiger partial charge < -0.3 is 20.1 Å². The van der Waals surface area contributed by atoms with Crippen molar-refractivity contribution in [3.63, 3.8) is 0 Å². The summed E-state index contributed by atoms with van der Waals surface area (Å²) in [7, 11) is 0. The number of primary amides is 1. The van der Waals surface area contributed by atoms with Crippen LogP contribution in [0.4, 0.5) is 9.18 Å². The van der Waals surface area contributed by atoms with E-state index in [1.807, 2.05) is 13.0 Å². The molecule has 5 aliphatic carbocycles. The van der Waals surface area contributed by atoms with Gasteiger partial charge in [0.25, 0.3) is 0 Å². The number of alkyl halides is 1. The second-order valence-electron chi connectivity index (χ2n) is 13.5. The van der Waals surface area contributed by atoms with Crippen LogP contribution in [0.5, 0.6) is 0 Å². The van der Waals surface area contributed by atoms with Gasteiger partial charge in [0, 0.05) is 12.0 Å². The molecule has 2 N–H and O–H groups in total. The summed E-state index contributed by atoms with van der Waals surface area (Å²) in [5.41, 5.74) is 5.24. The smallest absolute Gasteiger partial charge is 0.409 e. The zero-order valence-electron chi connectivity index (χ0n) is 25.1. The molecule has 0 saturated heterocycles. The topological polar surface area (TPSA) is 98.9 Å². The standard InChI is InChI=1S/C33H47FN2O5/c1-5-36(6-2)17-18-40-29(38)33(15-10-23(11-16-33)41-30(35)39)22-9-13-31(3)21(19-22)7-8-24-25(31)12-14-32(4)26(24)20-27(34)28(32)37/h7,10-11,15,22,24-27H,5-6,8-9,12-14,16-20H2,1-4H3,(H2,35,39)/t22-,24+,25-,26-,27+,31-,32-,33?/m0/s1. The van der Waals surface area contributed by atoms with Gasteiger partial charge in [0.1, 0.15) is 12.4 Å². The number of amides is 1. The van der Waals surface area contributed by atoms with E-state index >= 15 is 0 Å². The van der Waals surface area contributed by atoms with Crippen LogP contribution in [-0.2, 0) is 19.1 Å². The number of ether oxygens (including phenoxy) is 2. The van der Waals surface area contributed by atoms with Crippen LogP contribution in [0.25, 0.3) is 0 Å². The Morgan fingerprint density at radius 3 is 2.49 bits per heavy atom. The summed E-state index contributed by atoms with van der Waals surface area (Å²) in [4.78, 5) is 40.2. The number of carbonyl (C=O) groups is 3. The molecule has 1 unspecified atom stereocenters. The number of nitrogens with zero attached hydrogens (tertiary/aromatic N) is 1. The highest BCUT2D eigenvalue weighted by molar-refractivity contribution is 5.91. The van der Waals surface area contributed by atoms with Crippen molar-refractivity contribution in [1.82, 2.24) is 4.90 Å². The third-order valence-corrected chi connectivity index (χ3v) is 11.8. The molecular weight excluding hydrogens is 523 g/mol. The lowest BCUT2D eigenvalue weighted by atomic mass is 9.46. The third-order valence-electron chi connectivity index (χ3n) is 11.8. The first-order chi connectivity index (χ1) is 19.5. The number of fused-ring (bicyclic) bond motifs is 5. The van der Waals surface area contributed by atoms with Crippen LogP contribution >= 0.6 is 0 Å². The minimum absolute atomic E-state index is 0.0134. The van der Waals surface area contributed by atoms with Crippen LogP contribution in [-0.4, -0.2) is 55.2 Å². The Balaban J connectivity index is 1.37. The predicted molar refractivity (Wildman–Crippen MR) is 154 cm³/mol. The average molecular weight is 571 g/mol. The van der Waals surface area contributed by atoms with Crippen molar-refractivity contribution in [3.05, 3.63) is 35.6 Å². The van der Waals surface area contributed by atoms with Crippen molar-refractivity contribution >= 4 is 17.8 Å². The predicted octanol–water partition coefficient (Wildman–Crippen LogP) is 5.89. The van der Waals surface area contributed by atoms with E-state index in [0.29, 0.717) is 43.6 Å². The first kappa shape index (κ1) is 30.0. The van der Waals surface area contributed by atoms with Gasteiger partial charge in [0.15, 0.2) is 12.0 Å². The quantitative estimate of drug-likeness (QED) is 0.289. The summed E-state index contributed by atoms with van der Waals surface area (Å²) < 4.78 is 25.7. The van der Waals surface area contributed by atoms with E-state index in [4.69, 9.17) is 15.2 Å². The van der Waals surface area contributed by atoms with E-state index in [-0.39, 0.29) is 29.0 Å².